The summed E-state index contributed by atoms with van der Waals surface area (Å²) in [6.07, 6.45) is -8.70. The molecule has 1 saturated heterocycles. The molecule has 0 aromatic heterocycles. The molecule has 16 nitrogen and oxygen atoms in total. The second kappa shape index (κ2) is 13.3. The molecule has 6 N–H and O–H groups in total. The van der Waals surface area contributed by atoms with Crippen molar-refractivity contribution in [2.45, 2.75) is 76.6 Å². The smallest absolute Gasteiger partial charge is 0.342 e. The van der Waals surface area contributed by atoms with Crippen molar-refractivity contribution in [3.8, 4) is 0 Å². The maximum atomic E-state index is 12.3. The summed E-state index contributed by atoms with van der Waals surface area (Å²) in [6.45, 7) is 4.87. The van der Waals surface area contributed by atoms with Crippen molar-refractivity contribution in [2.75, 3.05) is 19.7 Å². The van der Waals surface area contributed by atoms with E-state index in [2.05, 4.69) is 10.6 Å². The minimum atomic E-state index is -2.76. The Kier molecular flexibility index (Phi) is 11.5. The van der Waals surface area contributed by atoms with Gasteiger partial charge in [-0.15, -0.1) is 9.81 Å². The summed E-state index contributed by atoms with van der Waals surface area (Å²) in [7, 11) is 0. The third-order valence-electron chi connectivity index (χ3n) is 4.65. The van der Waals surface area contributed by atoms with Crippen molar-refractivity contribution in [1.29, 1.82) is 0 Å². The van der Waals surface area contributed by atoms with Crippen LogP contribution in [0.15, 0.2) is 10.6 Å². The van der Waals surface area contributed by atoms with Crippen LogP contribution in [-0.4, -0.2) is 98.8 Å². The van der Waals surface area contributed by atoms with Crippen molar-refractivity contribution in [3.63, 3.8) is 0 Å². The molecule has 1 heterocycles. The normalized spacial score (nSPS) is 27.8. The van der Waals surface area contributed by atoms with Crippen LogP contribution in [0.2, 0.25) is 0 Å². The molecule has 0 aromatic rings. The van der Waals surface area contributed by atoms with Gasteiger partial charge in [-0.05, 0) is 19.3 Å². The number of hydrogen-bond acceptors (Lipinski definition) is 12. The van der Waals surface area contributed by atoms with E-state index in [1.807, 2.05) is 10.6 Å². The highest BCUT2D eigenvalue weighted by atomic mass is 16.7. The minimum Gasteiger partial charge on any atom is -0.387 e. The number of hydrogen-bond donors (Lipinski definition) is 6. The third-order valence-corrected chi connectivity index (χ3v) is 4.65. The lowest BCUT2D eigenvalue weighted by atomic mass is 9.92. The van der Waals surface area contributed by atoms with Gasteiger partial charge in [0.1, 0.15) is 18.3 Å². The zero-order valence-corrected chi connectivity index (χ0v) is 18.7. The average molecular weight is 480 g/mol. The monoisotopic (exact) mass is 480 g/mol. The number of nitroso groups, excluding NO2 is 2. The van der Waals surface area contributed by atoms with E-state index >= 15 is 0 Å². The summed E-state index contributed by atoms with van der Waals surface area (Å²) < 4.78 is 10.7. The van der Waals surface area contributed by atoms with Crippen molar-refractivity contribution in [2.24, 2.45) is 10.6 Å². The first-order chi connectivity index (χ1) is 15.6. The van der Waals surface area contributed by atoms with Gasteiger partial charge in [0.25, 0.3) is 0 Å². The standard InChI is InChI=1S/C17H32N6O10/c1-4-7-22(20-30)15(27)18-13(26)11-10(24)12(25)17(29,14(33-11)32-9-6-3)19-16(28)23(21-31)8-5-2/h10-14,24-26,29H,4-9H2,1-3H3,(H,18,27)(H,19,28)/t10-,11+,12+,13?,14-,17-/m1/s1. The molecule has 0 aromatic carbocycles. The molecular formula is C17H32N6O10. The van der Waals surface area contributed by atoms with Gasteiger partial charge in [-0.3, -0.25) is 0 Å². The maximum Gasteiger partial charge on any atom is 0.342 e. The van der Waals surface area contributed by atoms with Crippen LogP contribution in [0.1, 0.15) is 40.0 Å². The van der Waals surface area contributed by atoms with Crippen molar-refractivity contribution in [1.82, 2.24) is 20.7 Å². The number of carbonyl (C=O) groups excluding carboxylic acids is 2. The van der Waals surface area contributed by atoms with E-state index in [9.17, 15) is 39.8 Å². The highest BCUT2D eigenvalue weighted by Crippen LogP contribution is 2.30. The van der Waals surface area contributed by atoms with Gasteiger partial charge < -0.3 is 40.5 Å². The predicted molar refractivity (Wildman–Crippen MR) is 111 cm³/mol. The van der Waals surface area contributed by atoms with Crippen LogP contribution in [0.5, 0.6) is 0 Å². The number of rotatable bonds is 12. The van der Waals surface area contributed by atoms with Crippen molar-refractivity contribution >= 4 is 12.1 Å². The molecule has 33 heavy (non-hydrogen) atoms. The summed E-state index contributed by atoms with van der Waals surface area (Å²) in [4.78, 5) is 46.1. The van der Waals surface area contributed by atoms with Gasteiger partial charge in [0, 0.05) is 19.7 Å². The Balaban J connectivity index is 3.10. The van der Waals surface area contributed by atoms with Crippen molar-refractivity contribution in [3.05, 3.63) is 9.81 Å². The van der Waals surface area contributed by atoms with Gasteiger partial charge in [-0.2, -0.15) is 10.0 Å². The Labute approximate surface area is 189 Å². The molecule has 0 spiro atoms. The Morgan fingerprint density at radius 1 is 1.06 bits per heavy atom. The summed E-state index contributed by atoms with van der Waals surface area (Å²) in [6, 6.07) is -2.30. The first kappa shape index (κ1) is 28.5. The second-order valence-corrected chi connectivity index (χ2v) is 7.30. The van der Waals surface area contributed by atoms with Crippen LogP contribution >= 0.6 is 0 Å². The molecule has 16 heteroatoms. The number of carbonyl (C=O) groups is 2. The molecule has 1 unspecified atom stereocenters. The summed E-state index contributed by atoms with van der Waals surface area (Å²) in [5.41, 5.74) is -2.76. The molecule has 0 aliphatic carbocycles. The minimum absolute atomic E-state index is 0.0369. The molecule has 1 aliphatic rings. The largest absolute Gasteiger partial charge is 0.387 e. The fraction of sp³-hybridized carbons (Fsp3) is 0.882. The Morgan fingerprint density at radius 2 is 1.61 bits per heavy atom. The zero-order chi connectivity index (χ0) is 25.2. The topological polar surface area (TPSA) is 223 Å². The highest BCUT2D eigenvalue weighted by molar-refractivity contribution is 5.75. The molecule has 4 amide bonds. The lowest BCUT2D eigenvalue weighted by Gasteiger charge is -2.48. The molecule has 0 bridgehead atoms. The second-order valence-electron chi connectivity index (χ2n) is 7.30. The van der Waals surface area contributed by atoms with Gasteiger partial charge in [0.05, 0.1) is 10.6 Å². The van der Waals surface area contributed by atoms with E-state index < -0.39 is 48.6 Å². The van der Waals surface area contributed by atoms with Gasteiger partial charge in [0.2, 0.25) is 12.0 Å². The first-order valence-corrected chi connectivity index (χ1v) is 10.5. The van der Waals surface area contributed by atoms with Gasteiger partial charge in [-0.25, -0.2) is 9.59 Å². The van der Waals surface area contributed by atoms with E-state index in [1.165, 1.54) is 0 Å². The average Bonchev–Trinajstić information content (AvgIpc) is 2.78. The van der Waals surface area contributed by atoms with Crippen LogP contribution in [-0.2, 0) is 9.47 Å². The van der Waals surface area contributed by atoms with Crippen LogP contribution < -0.4 is 10.6 Å². The van der Waals surface area contributed by atoms with E-state index in [1.54, 1.807) is 20.8 Å². The molecular weight excluding hydrogens is 448 g/mol. The number of amides is 4. The molecule has 1 aliphatic heterocycles. The Hall–Kier alpha value is -2.50. The van der Waals surface area contributed by atoms with Gasteiger partial charge >= 0.3 is 12.1 Å². The number of ether oxygens (including phenoxy) is 2. The molecule has 0 saturated carbocycles. The van der Waals surface area contributed by atoms with E-state index in [4.69, 9.17) is 9.47 Å². The summed E-state index contributed by atoms with van der Waals surface area (Å²) in [5, 5.41) is 52.3. The zero-order valence-electron chi connectivity index (χ0n) is 18.7. The lowest BCUT2D eigenvalue weighted by molar-refractivity contribution is -0.354. The Morgan fingerprint density at radius 3 is 2.09 bits per heavy atom. The fourth-order valence-electron chi connectivity index (χ4n) is 2.99. The van der Waals surface area contributed by atoms with E-state index in [-0.39, 0.29) is 19.7 Å². The molecule has 1 rings (SSSR count). The third kappa shape index (κ3) is 6.99. The van der Waals surface area contributed by atoms with Crippen LogP contribution in [0.3, 0.4) is 0 Å². The molecule has 0 radical (unpaired) electrons. The summed E-state index contributed by atoms with van der Waals surface area (Å²) in [5.74, 6) is 0. The summed E-state index contributed by atoms with van der Waals surface area (Å²) >= 11 is 0. The van der Waals surface area contributed by atoms with Crippen molar-refractivity contribution < 1.29 is 39.5 Å². The lowest BCUT2D eigenvalue weighted by Crippen LogP contribution is -2.76. The van der Waals surface area contributed by atoms with Gasteiger partial charge in [0.15, 0.2) is 6.23 Å². The van der Waals surface area contributed by atoms with Crippen LogP contribution in [0.4, 0.5) is 9.59 Å². The molecule has 190 valence electrons. The molecule has 6 atom stereocenters. The number of nitrogens with one attached hydrogen (secondary N) is 2. The highest BCUT2D eigenvalue weighted by Gasteiger charge is 2.58. The number of nitrogens with zero attached hydrogens (tertiary/aromatic N) is 4. The molecule has 1 fully saturated rings. The predicted octanol–water partition coefficient (Wildman–Crippen LogP) is -0.927. The first-order valence-electron chi connectivity index (χ1n) is 10.5. The quantitative estimate of drug-likeness (QED) is 0.114. The van der Waals surface area contributed by atoms with Gasteiger partial charge in [-0.1, -0.05) is 20.8 Å². The number of aliphatic hydroxyl groups is 4. The van der Waals surface area contributed by atoms with Crippen LogP contribution in [0, 0.1) is 9.81 Å². The fourth-order valence-corrected chi connectivity index (χ4v) is 2.99. The SMILES string of the molecule is CCCO[C@@H]1O[C@H](C(O)NC(=O)N(CCC)N=O)[C@@H](O)[C@H](O)[C@]1(O)NC(=O)N(CCC)N=O. The maximum absolute atomic E-state index is 12.3. The Bertz CT molecular complexity index is 670. The van der Waals surface area contributed by atoms with E-state index in [0.717, 1.165) is 0 Å². The number of urea groups is 2. The van der Waals surface area contributed by atoms with E-state index in [0.29, 0.717) is 29.3 Å². The number of aliphatic hydroxyl groups excluding tert-OH is 3. The van der Waals surface area contributed by atoms with Crippen LogP contribution in [0.25, 0.3) is 0 Å².